The predicted octanol–water partition coefficient (Wildman–Crippen LogP) is 1.21. The molecule has 4 heteroatoms. The molecule has 0 aliphatic carbocycles. The molecule has 0 aliphatic rings. The van der Waals surface area contributed by atoms with E-state index in [0.29, 0.717) is 5.76 Å². The van der Waals surface area contributed by atoms with Crippen LogP contribution in [0.25, 0.3) is 0 Å². The SMILES string of the molecule is CC(N)(CO)c1cc(Br)co1. The molecular formula is C7H10BrNO2. The molecule has 1 aromatic rings. The lowest BCUT2D eigenvalue weighted by Gasteiger charge is -2.17. The van der Waals surface area contributed by atoms with Crippen LogP contribution in [0.3, 0.4) is 0 Å². The van der Waals surface area contributed by atoms with Gasteiger partial charge < -0.3 is 15.3 Å². The Labute approximate surface area is 73.3 Å². The van der Waals surface area contributed by atoms with Crippen LogP contribution in [0.15, 0.2) is 21.2 Å². The van der Waals surface area contributed by atoms with Crippen molar-refractivity contribution in [3.63, 3.8) is 0 Å². The third-order valence-electron chi connectivity index (χ3n) is 1.46. The Kier molecular flexibility index (Phi) is 2.37. The van der Waals surface area contributed by atoms with Crippen molar-refractivity contribution in [2.45, 2.75) is 12.5 Å². The Morgan fingerprint density at radius 1 is 1.82 bits per heavy atom. The molecule has 0 aliphatic heterocycles. The summed E-state index contributed by atoms with van der Waals surface area (Å²) >= 11 is 3.22. The molecule has 0 spiro atoms. The summed E-state index contributed by atoms with van der Waals surface area (Å²) in [7, 11) is 0. The number of hydrogen-bond donors (Lipinski definition) is 2. The zero-order valence-electron chi connectivity index (χ0n) is 6.17. The lowest BCUT2D eigenvalue weighted by Crippen LogP contribution is -2.36. The number of aliphatic hydroxyl groups excluding tert-OH is 1. The smallest absolute Gasteiger partial charge is 0.126 e. The van der Waals surface area contributed by atoms with Crippen LogP contribution in [0, 0.1) is 0 Å². The van der Waals surface area contributed by atoms with Crippen molar-refractivity contribution in [1.29, 1.82) is 0 Å². The normalized spacial score (nSPS) is 16.4. The van der Waals surface area contributed by atoms with Crippen LogP contribution >= 0.6 is 15.9 Å². The summed E-state index contributed by atoms with van der Waals surface area (Å²) in [6.07, 6.45) is 1.54. The van der Waals surface area contributed by atoms with Crippen LogP contribution in [0.1, 0.15) is 12.7 Å². The minimum Gasteiger partial charge on any atom is -0.466 e. The van der Waals surface area contributed by atoms with Crippen LogP contribution in [0.4, 0.5) is 0 Å². The fourth-order valence-corrected chi connectivity index (χ4v) is 0.992. The van der Waals surface area contributed by atoms with E-state index in [-0.39, 0.29) is 6.61 Å². The summed E-state index contributed by atoms with van der Waals surface area (Å²) in [6.45, 7) is 1.57. The van der Waals surface area contributed by atoms with Crippen molar-refractivity contribution < 1.29 is 9.52 Å². The molecule has 0 saturated carbocycles. The summed E-state index contributed by atoms with van der Waals surface area (Å²) in [6, 6.07) is 1.75. The fraction of sp³-hybridized carbons (Fsp3) is 0.429. The Morgan fingerprint density at radius 2 is 2.45 bits per heavy atom. The van der Waals surface area contributed by atoms with Gasteiger partial charge in [0.25, 0.3) is 0 Å². The summed E-state index contributed by atoms with van der Waals surface area (Å²) in [4.78, 5) is 0. The van der Waals surface area contributed by atoms with E-state index in [1.165, 1.54) is 6.26 Å². The molecule has 0 bridgehead atoms. The van der Waals surface area contributed by atoms with Crippen LogP contribution in [0.2, 0.25) is 0 Å². The molecule has 1 unspecified atom stereocenters. The Balaban J connectivity index is 2.92. The zero-order chi connectivity index (χ0) is 8.48. The molecule has 62 valence electrons. The van der Waals surface area contributed by atoms with E-state index in [1.807, 2.05) is 0 Å². The first-order valence-corrected chi connectivity index (χ1v) is 4.00. The Morgan fingerprint density at radius 3 is 2.82 bits per heavy atom. The fourth-order valence-electron chi connectivity index (χ4n) is 0.690. The molecule has 0 radical (unpaired) electrons. The maximum atomic E-state index is 8.86. The van der Waals surface area contributed by atoms with Crippen LogP contribution in [0.5, 0.6) is 0 Å². The van der Waals surface area contributed by atoms with Crippen molar-refractivity contribution >= 4 is 15.9 Å². The monoisotopic (exact) mass is 219 g/mol. The topological polar surface area (TPSA) is 59.4 Å². The highest BCUT2D eigenvalue weighted by Crippen LogP contribution is 2.22. The van der Waals surface area contributed by atoms with Gasteiger partial charge in [-0.05, 0) is 28.9 Å². The number of furan rings is 1. The lowest BCUT2D eigenvalue weighted by molar-refractivity contribution is 0.188. The van der Waals surface area contributed by atoms with Gasteiger partial charge >= 0.3 is 0 Å². The zero-order valence-corrected chi connectivity index (χ0v) is 7.76. The molecule has 0 amide bonds. The molecular weight excluding hydrogens is 210 g/mol. The van der Waals surface area contributed by atoms with Crippen molar-refractivity contribution in [3.05, 3.63) is 22.6 Å². The second kappa shape index (κ2) is 2.97. The van der Waals surface area contributed by atoms with Crippen molar-refractivity contribution in [2.75, 3.05) is 6.61 Å². The second-order valence-electron chi connectivity index (χ2n) is 2.70. The van der Waals surface area contributed by atoms with Crippen LogP contribution < -0.4 is 5.73 Å². The predicted molar refractivity (Wildman–Crippen MR) is 45.0 cm³/mol. The lowest BCUT2D eigenvalue weighted by atomic mass is 10.0. The first kappa shape index (κ1) is 8.77. The van der Waals surface area contributed by atoms with Gasteiger partial charge in [-0.3, -0.25) is 0 Å². The highest BCUT2D eigenvalue weighted by atomic mass is 79.9. The van der Waals surface area contributed by atoms with E-state index in [2.05, 4.69) is 15.9 Å². The standard InChI is InChI=1S/C7H10BrNO2/c1-7(9,4-10)6-2-5(8)3-11-6/h2-3,10H,4,9H2,1H3. The minimum atomic E-state index is -0.786. The summed E-state index contributed by atoms with van der Waals surface area (Å²) in [5.74, 6) is 0.576. The van der Waals surface area contributed by atoms with Crippen LogP contribution in [-0.2, 0) is 5.54 Å². The number of rotatable bonds is 2. The molecule has 1 aromatic heterocycles. The van der Waals surface area contributed by atoms with Gasteiger partial charge in [0.15, 0.2) is 0 Å². The molecule has 0 saturated heterocycles. The second-order valence-corrected chi connectivity index (χ2v) is 3.62. The van der Waals surface area contributed by atoms with Gasteiger partial charge in [0.1, 0.15) is 12.0 Å². The highest BCUT2D eigenvalue weighted by Gasteiger charge is 2.23. The molecule has 11 heavy (non-hydrogen) atoms. The summed E-state index contributed by atoms with van der Waals surface area (Å²) in [5, 5.41) is 8.86. The maximum absolute atomic E-state index is 8.86. The van der Waals surface area contributed by atoms with Crippen LogP contribution in [-0.4, -0.2) is 11.7 Å². The molecule has 0 aromatic carbocycles. The number of nitrogens with two attached hydrogens (primary N) is 1. The number of halogens is 1. The van der Waals surface area contributed by atoms with Crippen molar-refractivity contribution in [1.82, 2.24) is 0 Å². The quantitative estimate of drug-likeness (QED) is 0.787. The molecule has 3 N–H and O–H groups in total. The van der Waals surface area contributed by atoms with Crippen molar-refractivity contribution in [3.8, 4) is 0 Å². The van der Waals surface area contributed by atoms with E-state index in [1.54, 1.807) is 13.0 Å². The van der Waals surface area contributed by atoms with E-state index in [0.717, 1.165) is 4.47 Å². The largest absolute Gasteiger partial charge is 0.466 e. The van der Waals surface area contributed by atoms with Gasteiger partial charge in [0.05, 0.1) is 16.6 Å². The highest BCUT2D eigenvalue weighted by molar-refractivity contribution is 9.10. The third kappa shape index (κ3) is 1.83. The number of aliphatic hydroxyl groups is 1. The van der Waals surface area contributed by atoms with E-state index < -0.39 is 5.54 Å². The average Bonchev–Trinajstić information content (AvgIpc) is 2.36. The van der Waals surface area contributed by atoms with Gasteiger partial charge in [-0.15, -0.1) is 0 Å². The van der Waals surface area contributed by atoms with Gasteiger partial charge in [-0.1, -0.05) is 0 Å². The molecule has 3 nitrogen and oxygen atoms in total. The van der Waals surface area contributed by atoms with E-state index in [4.69, 9.17) is 15.3 Å². The molecule has 1 heterocycles. The minimum absolute atomic E-state index is 0.132. The van der Waals surface area contributed by atoms with E-state index in [9.17, 15) is 0 Å². The Hall–Kier alpha value is -0.320. The molecule has 1 atom stereocenters. The summed E-state index contributed by atoms with van der Waals surface area (Å²) < 4.78 is 5.92. The van der Waals surface area contributed by atoms with Gasteiger partial charge in [-0.25, -0.2) is 0 Å². The van der Waals surface area contributed by atoms with Crippen molar-refractivity contribution in [2.24, 2.45) is 5.73 Å². The maximum Gasteiger partial charge on any atom is 0.126 e. The number of hydrogen-bond acceptors (Lipinski definition) is 3. The first-order valence-electron chi connectivity index (χ1n) is 3.20. The molecule has 0 fully saturated rings. The summed E-state index contributed by atoms with van der Waals surface area (Å²) in [5.41, 5.74) is 4.90. The van der Waals surface area contributed by atoms with Gasteiger partial charge in [-0.2, -0.15) is 0 Å². The average molecular weight is 220 g/mol. The van der Waals surface area contributed by atoms with E-state index >= 15 is 0 Å². The Bertz CT molecular complexity index is 244. The van der Waals surface area contributed by atoms with Gasteiger partial charge in [0.2, 0.25) is 0 Å². The molecule has 1 rings (SSSR count). The third-order valence-corrected chi connectivity index (χ3v) is 1.87. The first-order chi connectivity index (χ1) is 5.06. The van der Waals surface area contributed by atoms with Gasteiger partial charge in [0, 0.05) is 0 Å².